The normalized spacial score (nSPS) is 10.3. The van der Waals surface area contributed by atoms with Crippen LogP contribution in [0.2, 0.25) is 0 Å². The molecule has 0 unspecified atom stereocenters. The molecular weight excluding hydrogens is 291 g/mol. The Morgan fingerprint density at radius 2 is 1.91 bits per heavy atom. The van der Waals surface area contributed by atoms with Crippen molar-refractivity contribution >= 4 is 10.9 Å². The number of rotatable bonds is 2. The first-order valence-electron chi connectivity index (χ1n) is 7.44. The van der Waals surface area contributed by atoms with E-state index in [0.29, 0.717) is 23.0 Å². The van der Waals surface area contributed by atoms with Crippen molar-refractivity contribution < 1.29 is 4.39 Å². The van der Waals surface area contributed by atoms with E-state index in [1.165, 1.54) is 12.1 Å². The van der Waals surface area contributed by atoms with Crippen LogP contribution in [0, 0.1) is 17.7 Å². The van der Waals surface area contributed by atoms with Crippen LogP contribution in [0.4, 0.5) is 4.39 Å². The van der Waals surface area contributed by atoms with E-state index < -0.39 is 0 Å². The fourth-order valence-electron chi connectivity index (χ4n) is 2.35. The van der Waals surface area contributed by atoms with Gasteiger partial charge in [-0.1, -0.05) is 24.8 Å². The molecular formula is C19H15FN2O. The molecule has 0 fully saturated rings. The largest absolute Gasteiger partial charge is 0.299 e. The Morgan fingerprint density at radius 3 is 2.65 bits per heavy atom. The van der Waals surface area contributed by atoms with E-state index in [-0.39, 0.29) is 11.4 Å². The summed E-state index contributed by atoms with van der Waals surface area (Å²) < 4.78 is 14.7. The van der Waals surface area contributed by atoms with Crippen LogP contribution in [0.5, 0.6) is 0 Å². The van der Waals surface area contributed by atoms with Gasteiger partial charge < -0.3 is 0 Å². The van der Waals surface area contributed by atoms with Crippen molar-refractivity contribution in [3.05, 3.63) is 76.1 Å². The summed E-state index contributed by atoms with van der Waals surface area (Å²) >= 11 is 0. The average Bonchev–Trinajstić information content (AvgIpc) is 2.56. The van der Waals surface area contributed by atoms with Gasteiger partial charge in [0.1, 0.15) is 5.82 Å². The van der Waals surface area contributed by atoms with Gasteiger partial charge in [-0.15, -0.1) is 0 Å². The lowest BCUT2D eigenvalue weighted by Crippen LogP contribution is -2.20. The number of hydrogen-bond acceptors (Lipinski definition) is 2. The molecule has 0 bridgehead atoms. The predicted octanol–water partition coefficient (Wildman–Crippen LogP) is 3.35. The summed E-state index contributed by atoms with van der Waals surface area (Å²) in [4.78, 5) is 16.6. The molecule has 4 heteroatoms. The van der Waals surface area contributed by atoms with Crippen molar-refractivity contribution in [2.75, 3.05) is 0 Å². The van der Waals surface area contributed by atoms with E-state index in [2.05, 4.69) is 16.8 Å². The van der Waals surface area contributed by atoms with E-state index in [1.54, 1.807) is 41.2 Å². The third-order valence-corrected chi connectivity index (χ3v) is 3.47. The Balaban J connectivity index is 1.99. The van der Waals surface area contributed by atoms with E-state index in [4.69, 9.17) is 0 Å². The first-order valence-corrected chi connectivity index (χ1v) is 7.44. The van der Waals surface area contributed by atoms with Gasteiger partial charge in [-0.3, -0.25) is 9.36 Å². The summed E-state index contributed by atoms with van der Waals surface area (Å²) in [5.41, 5.74) is 1.92. The zero-order valence-corrected chi connectivity index (χ0v) is 12.7. The zero-order valence-electron chi connectivity index (χ0n) is 12.7. The molecule has 1 heterocycles. The summed E-state index contributed by atoms with van der Waals surface area (Å²) in [6, 6.07) is 11.4. The Morgan fingerprint density at radius 1 is 1.13 bits per heavy atom. The number of benzene rings is 2. The van der Waals surface area contributed by atoms with Crippen LogP contribution in [-0.4, -0.2) is 9.55 Å². The number of aryl methyl sites for hydroxylation is 1. The third-order valence-electron chi connectivity index (χ3n) is 3.47. The second-order valence-corrected chi connectivity index (χ2v) is 5.24. The van der Waals surface area contributed by atoms with Gasteiger partial charge in [0.15, 0.2) is 0 Å². The number of aromatic nitrogens is 2. The maximum absolute atomic E-state index is 13.1. The highest BCUT2D eigenvalue weighted by molar-refractivity contribution is 5.79. The molecule has 0 spiro atoms. The van der Waals surface area contributed by atoms with Gasteiger partial charge in [-0.2, -0.15) is 0 Å². The average molecular weight is 306 g/mol. The van der Waals surface area contributed by atoms with Crippen LogP contribution < -0.4 is 5.56 Å². The Kier molecular flexibility index (Phi) is 4.20. The van der Waals surface area contributed by atoms with E-state index in [1.807, 2.05) is 6.92 Å². The smallest absolute Gasteiger partial charge is 0.261 e. The molecule has 114 valence electrons. The van der Waals surface area contributed by atoms with Gasteiger partial charge in [-0.25, -0.2) is 9.37 Å². The molecule has 1 aromatic heterocycles. The number of halogens is 1. The lowest BCUT2D eigenvalue weighted by molar-refractivity contribution is 0.627. The molecule has 2 aromatic carbocycles. The summed E-state index contributed by atoms with van der Waals surface area (Å²) in [5, 5.41) is 0.581. The van der Waals surface area contributed by atoms with Crippen molar-refractivity contribution in [2.45, 2.75) is 19.9 Å². The van der Waals surface area contributed by atoms with Crippen molar-refractivity contribution in [1.82, 2.24) is 9.55 Å². The van der Waals surface area contributed by atoms with Crippen LogP contribution in [-0.2, 0) is 6.54 Å². The van der Waals surface area contributed by atoms with Crippen LogP contribution in [0.25, 0.3) is 10.9 Å². The van der Waals surface area contributed by atoms with Crippen LogP contribution >= 0.6 is 0 Å². The molecule has 0 saturated carbocycles. The monoisotopic (exact) mass is 306 g/mol. The minimum Gasteiger partial charge on any atom is -0.299 e. The number of nitrogens with zero attached hydrogens (tertiary/aromatic N) is 2. The van der Waals surface area contributed by atoms with Gasteiger partial charge in [-0.05, 0) is 42.8 Å². The second kappa shape index (κ2) is 6.45. The molecule has 0 amide bonds. The third kappa shape index (κ3) is 3.29. The predicted molar refractivity (Wildman–Crippen MR) is 88.7 cm³/mol. The lowest BCUT2D eigenvalue weighted by atomic mass is 10.1. The summed E-state index contributed by atoms with van der Waals surface area (Å²) in [7, 11) is 0. The molecule has 3 nitrogen and oxygen atoms in total. The van der Waals surface area contributed by atoms with Crippen molar-refractivity contribution in [1.29, 1.82) is 0 Å². The molecule has 3 rings (SSSR count). The Hall–Kier alpha value is -2.93. The van der Waals surface area contributed by atoms with Crippen molar-refractivity contribution in [2.24, 2.45) is 0 Å². The minimum atomic E-state index is -0.312. The molecule has 3 aromatic rings. The van der Waals surface area contributed by atoms with Crippen molar-refractivity contribution in [3.8, 4) is 11.8 Å². The standard InChI is InChI=1S/C19H15FN2O/c1-2-10-22-13-21-18-12-15(8-9-17(18)19(22)23)7-6-14-4-3-5-16(20)11-14/h3-5,8-9,11-13H,2,10H2,1H3. The van der Waals surface area contributed by atoms with Gasteiger partial charge in [0.25, 0.3) is 5.56 Å². The van der Waals surface area contributed by atoms with Crippen LogP contribution in [0.1, 0.15) is 24.5 Å². The van der Waals surface area contributed by atoms with Gasteiger partial charge in [0.2, 0.25) is 0 Å². The summed E-state index contributed by atoms with van der Waals surface area (Å²) in [6.07, 6.45) is 2.45. The Bertz CT molecular complexity index is 980. The summed E-state index contributed by atoms with van der Waals surface area (Å²) in [5.74, 6) is 5.57. The Labute approximate surface area is 133 Å². The molecule has 0 atom stereocenters. The van der Waals surface area contributed by atoms with Crippen LogP contribution in [0.3, 0.4) is 0 Å². The fraction of sp³-hybridized carbons (Fsp3) is 0.158. The molecule has 0 radical (unpaired) electrons. The summed E-state index contributed by atoms with van der Waals surface area (Å²) in [6.45, 7) is 2.67. The maximum atomic E-state index is 13.1. The molecule has 0 saturated heterocycles. The first-order chi connectivity index (χ1) is 11.2. The molecule has 0 aliphatic carbocycles. The van der Waals surface area contributed by atoms with E-state index in [9.17, 15) is 9.18 Å². The first kappa shape index (κ1) is 15.0. The second-order valence-electron chi connectivity index (χ2n) is 5.24. The van der Waals surface area contributed by atoms with Crippen molar-refractivity contribution in [3.63, 3.8) is 0 Å². The SMILES string of the molecule is CCCn1cnc2cc(C#Cc3cccc(F)c3)ccc2c1=O. The highest BCUT2D eigenvalue weighted by Crippen LogP contribution is 2.10. The van der Waals surface area contributed by atoms with Crippen LogP contribution in [0.15, 0.2) is 53.6 Å². The van der Waals surface area contributed by atoms with E-state index >= 15 is 0 Å². The highest BCUT2D eigenvalue weighted by Gasteiger charge is 2.03. The zero-order chi connectivity index (χ0) is 16.2. The molecule has 0 aliphatic heterocycles. The maximum Gasteiger partial charge on any atom is 0.261 e. The molecule has 23 heavy (non-hydrogen) atoms. The molecule has 0 N–H and O–H groups in total. The number of fused-ring (bicyclic) bond motifs is 1. The topological polar surface area (TPSA) is 34.9 Å². The quantitative estimate of drug-likeness (QED) is 0.681. The fourth-order valence-corrected chi connectivity index (χ4v) is 2.35. The van der Waals surface area contributed by atoms with Gasteiger partial charge in [0, 0.05) is 17.7 Å². The molecule has 0 aliphatic rings. The minimum absolute atomic E-state index is 0.0403. The highest BCUT2D eigenvalue weighted by atomic mass is 19.1. The van der Waals surface area contributed by atoms with Gasteiger partial charge in [0.05, 0.1) is 17.2 Å². The lowest BCUT2D eigenvalue weighted by Gasteiger charge is -2.04. The van der Waals surface area contributed by atoms with E-state index in [0.717, 1.165) is 12.0 Å². The van der Waals surface area contributed by atoms with Gasteiger partial charge >= 0.3 is 0 Å². The number of hydrogen-bond donors (Lipinski definition) is 0.